The quantitative estimate of drug-likeness (QED) is 0.611. The van der Waals surface area contributed by atoms with Gasteiger partial charge in [-0.1, -0.05) is 54.1 Å². The molecule has 0 N–H and O–H groups in total. The van der Waals surface area contributed by atoms with E-state index in [1.54, 1.807) is 72.8 Å². The summed E-state index contributed by atoms with van der Waals surface area (Å²) in [4.78, 5) is 27.2. The van der Waals surface area contributed by atoms with E-state index in [1.165, 1.54) is 4.90 Å². The number of para-hydroxylation sites is 1. The first-order chi connectivity index (χ1) is 12.6. The zero-order valence-electron chi connectivity index (χ0n) is 13.6. The van der Waals surface area contributed by atoms with Gasteiger partial charge < -0.3 is 4.74 Å². The third-order valence-electron chi connectivity index (χ3n) is 4.21. The van der Waals surface area contributed by atoms with Crippen molar-refractivity contribution >= 4 is 29.2 Å². The summed E-state index contributed by atoms with van der Waals surface area (Å²) in [7, 11) is 0. The van der Waals surface area contributed by atoms with Crippen molar-refractivity contribution in [1.29, 1.82) is 0 Å². The van der Waals surface area contributed by atoms with Crippen molar-refractivity contribution in [3.63, 3.8) is 0 Å². The second kappa shape index (κ2) is 6.65. The zero-order chi connectivity index (χ0) is 18.1. The van der Waals surface area contributed by atoms with Crippen molar-refractivity contribution in [1.82, 2.24) is 0 Å². The molecule has 3 aromatic rings. The molecular weight excluding hydrogens is 350 g/mol. The summed E-state index contributed by atoms with van der Waals surface area (Å²) >= 11 is 6.10. The molecule has 1 atom stereocenters. The molecule has 0 unspecified atom stereocenters. The van der Waals surface area contributed by atoms with Crippen molar-refractivity contribution in [3.05, 3.63) is 101 Å². The van der Waals surface area contributed by atoms with Gasteiger partial charge in [0.2, 0.25) is 6.23 Å². The Bertz CT molecular complexity index is 987. The number of ether oxygens (including phenoxy) is 1. The second-order valence-corrected chi connectivity index (χ2v) is 6.31. The van der Waals surface area contributed by atoms with Crippen LogP contribution in [0.3, 0.4) is 0 Å². The molecule has 0 saturated heterocycles. The number of fused-ring (bicyclic) bond motifs is 1. The number of carbonyl (C=O) groups excluding carboxylic acids is 2. The smallest absolute Gasteiger partial charge is 0.342 e. The first-order valence-electron chi connectivity index (χ1n) is 8.09. The lowest BCUT2D eigenvalue weighted by atomic mass is 10.0. The highest BCUT2D eigenvalue weighted by atomic mass is 35.5. The molecule has 1 aliphatic heterocycles. The summed E-state index contributed by atoms with van der Waals surface area (Å²) in [6.45, 7) is 0. The van der Waals surface area contributed by atoms with E-state index >= 15 is 0 Å². The third-order valence-corrected chi connectivity index (χ3v) is 4.45. The van der Waals surface area contributed by atoms with Crippen LogP contribution < -0.4 is 4.90 Å². The summed E-state index contributed by atoms with van der Waals surface area (Å²) in [6.07, 6.45) is -0.885. The molecule has 1 heterocycles. The number of rotatable bonds is 2. The van der Waals surface area contributed by atoms with Crippen molar-refractivity contribution in [2.75, 3.05) is 4.90 Å². The van der Waals surface area contributed by atoms with Gasteiger partial charge in [0.05, 0.1) is 11.3 Å². The van der Waals surface area contributed by atoms with Crippen LogP contribution in [0.15, 0.2) is 78.9 Å². The average Bonchev–Trinajstić information content (AvgIpc) is 2.68. The predicted octanol–water partition coefficient (Wildman–Crippen LogP) is 4.86. The van der Waals surface area contributed by atoms with Gasteiger partial charge in [-0.15, -0.1) is 0 Å². The van der Waals surface area contributed by atoms with Crippen molar-refractivity contribution in [2.45, 2.75) is 6.23 Å². The van der Waals surface area contributed by atoms with Crippen LogP contribution >= 0.6 is 11.6 Å². The van der Waals surface area contributed by atoms with Crippen LogP contribution in [0.4, 0.5) is 5.69 Å². The van der Waals surface area contributed by atoms with E-state index in [2.05, 4.69) is 0 Å². The van der Waals surface area contributed by atoms with Crippen LogP contribution in [0.5, 0.6) is 0 Å². The molecule has 0 saturated carbocycles. The Morgan fingerprint density at radius 2 is 1.65 bits per heavy atom. The van der Waals surface area contributed by atoms with E-state index in [0.717, 1.165) is 0 Å². The standard InChI is InChI=1S/C21H14ClNO3/c22-16-10-6-9-15(13-16)20-23(19(24)14-7-2-1-3-8-14)18-12-5-4-11-17(18)21(25)26-20/h1-13,20H/t20-/m0/s1. The van der Waals surface area contributed by atoms with Crippen molar-refractivity contribution < 1.29 is 14.3 Å². The van der Waals surface area contributed by atoms with Gasteiger partial charge in [0.15, 0.2) is 0 Å². The molecule has 0 fully saturated rings. The Balaban J connectivity index is 1.87. The Kier molecular flexibility index (Phi) is 4.19. The minimum atomic E-state index is -0.885. The topological polar surface area (TPSA) is 46.6 Å². The van der Waals surface area contributed by atoms with Crippen molar-refractivity contribution in [2.24, 2.45) is 0 Å². The summed E-state index contributed by atoms with van der Waals surface area (Å²) in [5.74, 6) is -0.724. The Morgan fingerprint density at radius 1 is 0.923 bits per heavy atom. The molecule has 4 nitrogen and oxygen atoms in total. The van der Waals surface area contributed by atoms with E-state index in [4.69, 9.17) is 16.3 Å². The molecule has 0 bridgehead atoms. The molecular formula is C21H14ClNO3. The van der Waals surface area contributed by atoms with Gasteiger partial charge in [0, 0.05) is 16.1 Å². The Hall–Kier alpha value is -3.11. The SMILES string of the molecule is O=C1O[C@@H](c2cccc(Cl)c2)N(C(=O)c2ccccc2)c2ccccc21. The summed E-state index contributed by atoms with van der Waals surface area (Å²) in [6, 6.07) is 22.8. The van der Waals surface area contributed by atoms with Gasteiger partial charge in [-0.3, -0.25) is 9.69 Å². The second-order valence-electron chi connectivity index (χ2n) is 5.87. The van der Waals surface area contributed by atoms with E-state index < -0.39 is 12.2 Å². The molecule has 128 valence electrons. The highest BCUT2D eigenvalue weighted by Gasteiger charge is 2.37. The number of nitrogens with zero attached hydrogens (tertiary/aromatic N) is 1. The van der Waals surface area contributed by atoms with E-state index in [0.29, 0.717) is 27.4 Å². The molecule has 0 radical (unpaired) electrons. The lowest BCUT2D eigenvalue weighted by Crippen LogP contribution is -2.41. The van der Waals surface area contributed by atoms with Gasteiger partial charge in [0.25, 0.3) is 5.91 Å². The molecule has 3 aromatic carbocycles. The van der Waals surface area contributed by atoms with Gasteiger partial charge in [0.1, 0.15) is 0 Å². The predicted molar refractivity (Wildman–Crippen MR) is 99.3 cm³/mol. The fraction of sp³-hybridized carbons (Fsp3) is 0.0476. The number of cyclic esters (lactones) is 1. The fourth-order valence-electron chi connectivity index (χ4n) is 3.01. The summed E-state index contributed by atoms with van der Waals surface area (Å²) in [5.41, 5.74) is 2.01. The van der Waals surface area contributed by atoms with E-state index in [1.807, 2.05) is 6.07 Å². The van der Waals surface area contributed by atoms with Crippen LogP contribution in [0, 0.1) is 0 Å². The number of benzene rings is 3. The minimum Gasteiger partial charge on any atom is -0.433 e. The first kappa shape index (κ1) is 16.4. The van der Waals surface area contributed by atoms with E-state index in [9.17, 15) is 9.59 Å². The number of halogens is 1. The minimum absolute atomic E-state index is 0.254. The number of amides is 1. The van der Waals surface area contributed by atoms with Crippen molar-refractivity contribution in [3.8, 4) is 0 Å². The Morgan fingerprint density at radius 3 is 2.42 bits per heavy atom. The van der Waals surface area contributed by atoms with Crippen LogP contribution in [-0.4, -0.2) is 11.9 Å². The van der Waals surface area contributed by atoms with Crippen LogP contribution in [-0.2, 0) is 4.74 Å². The van der Waals surface area contributed by atoms with Gasteiger partial charge in [-0.25, -0.2) is 4.79 Å². The van der Waals surface area contributed by atoms with Gasteiger partial charge in [-0.05, 0) is 36.4 Å². The first-order valence-corrected chi connectivity index (χ1v) is 8.47. The maximum atomic E-state index is 13.2. The number of carbonyl (C=O) groups is 2. The summed E-state index contributed by atoms with van der Waals surface area (Å²) in [5, 5.41) is 0.504. The number of hydrogen-bond donors (Lipinski definition) is 0. The molecule has 0 aliphatic carbocycles. The monoisotopic (exact) mass is 363 g/mol. The maximum absolute atomic E-state index is 13.2. The molecule has 0 spiro atoms. The molecule has 5 heteroatoms. The average molecular weight is 364 g/mol. The number of anilines is 1. The van der Waals surface area contributed by atoms with Crippen LogP contribution in [0.2, 0.25) is 5.02 Å². The maximum Gasteiger partial charge on any atom is 0.342 e. The molecule has 1 amide bonds. The molecule has 26 heavy (non-hydrogen) atoms. The fourth-order valence-corrected chi connectivity index (χ4v) is 3.21. The van der Waals surface area contributed by atoms with Gasteiger partial charge in [-0.2, -0.15) is 0 Å². The highest BCUT2D eigenvalue weighted by molar-refractivity contribution is 6.30. The number of esters is 1. The molecule has 1 aliphatic rings. The number of hydrogen-bond acceptors (Lipinski definition) is 3. The van der Waals surface area contributed by atoms with Crippen LogP contribution in [0.25, 0.3) is 0 Å². The zero-order valence-corrected chi connectivity index (χ0v) is 14.4. The third kappa shape index (κ3) is 2.85. The highest BCUT2D eigenvalue weighted by Crippen LogP contribution is 2.38. The largest absolute Gasteiger partial charge is 0.433 e. The lowest BCUT2D eigenvalue weighted by Gasteiger charge is -2.36. The van der Waals surface area contributed by atoms with Crippen LogP contribution in [0.1, 0.15) is 32.5 Å². The van der Waals surface area contributed by atoms with Gasteiger partial charge >= 0.3 is 5.97 Å². The Labute approximate surface area is 155 Å². The summed E-state index contributed by atoms with van der Waals surface area (Å²) < 4.78 is 5.62. The normalized spacial score (nSPS) is 16.0. The van der Waals surface area contributed by atoms with E-state index in [-0.39, 0.29) is 5.91 Å². The lowest BCUT2D eigenvalue weighted by molar-refractivity contribution is 0.0249. The molecule has 0 aromatic heterocycles. The molecule has 4 rings (SSSR count).